The van der Waals surface area contributed by atoms with Gasteiger partial charge in [0.15, 0.2) is 0 Å². The standard InChI is InChI=1S/C16H23NO4S/c1-16(2,3)21-15(19)17-13(9-10-22)14(18)20-11-12-7-5-4-6-8-12/h4-8,13,22H,9-11H2,1-3H3,(H,17,19). The molecule has 5 nitrogen and oxygen atoms in total. The van der Waals surface area contributed by atoms with Gasteiger partial charge in [-0.15, -0.1) is 0 Å². The molecule has 0 fully saturated rings. The van der Waals surface area contributed by atoms with E-state index in [0.717, 1.165) is 5.56 Å². The molecule has 0 saturated carbocycles. The molecule has 6 heteroatoms. The van der Waals surface area contributed by atoms with Gasteiger partial charge >= 0.3 is 12.1 Å². The number of carbonyl (C=O) groups is 2. The molecule has 0 radical (unpaired) electrons. The van der Waals surface area contributed by atoms with Crippen molar-refractivity contribution in [2.45, 2.75) is 45.4 Å². The molecule has 1 N–H and O–H groups in total. The van der Waals surface area contributed by atoms with Gasteiger partial charge < -0.3 is 14.8 Å². The fraction of sp³-hybridized carbons (Fsp3) is 0.500. The van der Waals surface area contributed by atoms with Crippen molar-refractivity contribution in [3.63, 3.8) is 0 Å². The van der Waals surface area contributed by atoms with Crippen LogP contribution in [0.3, 0.4) is 0 Å². The first kappa shape index (κ1) is 18.4. The largest absolute Gasteiger partial charge is 0.459 e. The minimum Gasteiger partial charge on any atom is -0.459 e. The molecule has 1 amide bonds. The molecule has 0 spiro atoms. The molecule has 0 aliphatic carbocycles. The van der Waals surface area contributed by atoms with Gasteiger partial charge in [-0.1, -0.05) is 30.3 Å². The number of nitrogens with one attached hydrogen (secondary N) is 1. The summed E-state index contributed by atoms with van der Waals surface area (Å²) in [6, 6.07) is 8.58. The summed E-state index contributed by atoms with van der Waals surface area (Å²) in [5.41, 5.74) is 0.265. The quantitative estimate of drug-likeness (QED) is 0.623. The van der Waals surface area contributed by atoms with Crippen molar-refractivity contribution in [1.29, 1.82) is 0 Å². The molecule has 122 valence electrons. The summed E-state index contributed by atoms with van der Waals surface area (Å²) in [4.78, 5) is 23.8. The molecule has 1 aromatic rings. The van der Waals surface area contributed by atoms with Crippen LogP contribution >= 0.6 is 12.6 Å². The first-order chi connectivity index (χ1) is 10.3. The van der Waals surface area contributed by atoms with Gasteiger partial charge in [-0.3, -0.25) is 0 Å². The number of rotatable bonds is 6. The Bertz CT molecular complexity index is 485. The Morgan fingerprint density at radius 2 is 1.86 bits per heavy atom. The summed E-state index contributed by atoms with van der Waals surface area (Å²) < 4.78 is 10.4. The van der Waals surface area contributed by atoms with E-state index in [1.54, 1.807) is 20.8 Å². The molecular weight excluding hydrogens is 302 g/mol. The third-order valence-corrected chi connectivity index (χ3v) is 2.88. The first-order valence-electron chi connectivity index (χ1n) is 7.13. The van der Waals surface area contributed by atoms with Gasteiger partial charge in [0.05, 0.1) is 0 Å². The second-order valence-electron chi connectivity index (χ2n) is 5.80. The maximum Gasteiger partial charge on any atom is 0.408 e. The highest BCUT2D eigenvalue weighted by atomic mass is 32.1. The van der Waals surface area contributed by atoms with Crippen molar-refractivity contribution in [2.75, 3.05) is 5.75 Å². The molecule has 22 heavy (non-hydrogen) atoms. The number of hydrogen-bond acceptors (Lipinski definition) is 5. The Kier molecular flexibility index (Phi) is 7.24. The van der Waals surface area contributed by atoms with Gasteiger partial charge in [0.25, 0.3) is 0 Å². The van der Waals surface area contributed by atoms with Gasteiger partial charge in [0.1, 0.15) is 18.2 Å². The Hall–Kier alpha value is -1.69. The lowest BCUT2D eigenvalue weighted by atomic mass is 10.2. The van der Waals surface area contributed by atoms with Crippen LogP contribution in [0.2, 0.25) is 0 Å². The van der Waals surface area contributed by atoms with E-state index in [2.05, 4.69) is 17.9 Å². The second-order valence-corrected chi connectivity index (χ2v) is 6.25. The predicted molar refractivity (Wildman–Crippen MR) is 87.9 cm³/mol. The number of hydrogen-bond donors (Lipinski definition) is 2. The van der Waals surface area contributed by atoms with Gasteiger partial charge in [-0.25, -0.2) is 9.59 Å². The zero-order chi connectivity index (χ0) is 16.6. The SMILES string of the molecule is CC(C)(C)OC(=O)NC(CCS)C(=O)OCc1ccccc1. The number of benzene rings is 1. The zero-order valence-corrected chi connectivity index (χ0v) is 14.1. The van der Waals surface area contributed by atoms with E-state index in [1.165, 1.54) is 0 Å². The fourth-order valence-corrected chi connectivity index (χ4v) is 1.92. The normalized spacial score (nSPS) is 12.4. The molecule has 1 atom stereocenters. The van der Waals surface area contributed by atoms with Crippen molar-refractivity contribution >= 4 is 24.7 Å². The summed E-state index contributed by atoms with van der Waals surface area (Å²) in [6.45, 7) is 5.44. The summed E-state index contributed by atoms with van der Waals surface area (Å²) in [5.74, 6) is -0.0512. The number of esters is 1. The van der Waals surface area contributed by atoms with Crippen molar-refractivity contribution in [3.8, 4) is 0 Å². The highest BCUT2D eigenvalue weighted by Crippen LogP contribution is 2.09. The summed E-state index contributed by atoms with van der Waals surface area (Å²) in [6.07, 6.45) is -0.272. The van der Waals surface area contributed by atoms with Crippen LogP contribution in [-0.2, 0) is 20.9 Å². The molecule has 1 unspecified atom stereocenters. The third-order valence-electron chi connectivity index (χ3n) is 2.62. The molecule has 0 heterocycles. The van der Waals surface area contributed by atoms with E-state index in [-0.39, 0.29) is 6.61 Å². The van der Waals surface area contributed by atoms with Crippen LogP contribution in [0.25, 0.3) is 0 Å². The topological polar surface area (TPSA) is 64.6 Å². The number of carbonyl (C=O) groups excluding carboxylic acids is 2. The van der Waals surface area contributed by atoms with Crippen molar-refractivity contribution in [2.24, 2.45) is 0 Å². The van der Waals surface area contributed by atoms with Gasteiger partial charge in [-0.05, 0) is 38.5 Å². The molecule has 0 bridgehead atoms. The summed E-state index contributed by atoms with van der Waals surface area (Å²) in [7, 11) is 0. The van der Waals surface area contributed by atoms with Crippen LogP contribution in [0.15, 0.2) is 30.3 Å². The molecule has 0 aromatic heterocycles. The van der Waals surface area contributed by atoms with Crippen molar-refractivity contribution < 1.29 is 19.1 Å². The minimum absolute atomic E-state index is 0.165. The van der Waals surface area contributed by atoms with E-state index in [0.29, 0.717) is 12.2 Å². The van der Waals surface area contributed by atoms with Crippen molar-refractivity contribution in [1.82, 2.24) is 5.32 Å². The number of thiol groups is 1. The first-order valence-corrected chi connectivity index (χ1v) is 7.76. The average molecular weight is 325 g/mol. The third kappa shape index (κ3) is 7.36. The monoisotopic (exact) mass is 325 g/mol. The van der Waals surface area contributed by atoms with Gasteiger partial charge in [-0.2, -0.15) is 12.6 Å². The number of amides is 1. The maximum atomic E-state index is 12.1. The lowest BCUT2D eigenvalue weighted by Crippen LogP contribution is -2.44. The summed E-state index contributed by atoms with van der Waals surface area (Å²) >= 11 is 4.10. The Morgan fingerprint density at radius 3 is 2.41 bits per heavy atom. The average Bonchev–Trinajstić information content (AvgIpc) is 2.43. The van der Waals surface area contributed by atoms with E-state index >= 15 is 0 Å². The van der Waals surface area contributed by atoms with Crippen molar-refractivity contribution in [3.05, 3.63) is 35.9 Å². The van der Waals surface area contributed by atoms with E-state index < -0.39 is 23.7 Å². The smallest absolute Gasteiger partial charge is 0.408 e. The molecular formula is C16H23NO4S. The Labute approximate surface area is 136 Å². The highest BCUT2D eigenvalue weighted by molar-refractivity contribution is 7.80. The van der Waals surface area contributed by atoms with Gasteiger partial charge in [0, 0.05) is 0 Å². The van der Waals surface area contributed by atoms with Crippen LogP contribution in [0.4, 0.5) is 4.79 Å². The summed E-state index contributed by atoms with van der Waals surface area (Å²) in [5, 5.41) is 2.53. The number of ether oxygens (including phenoxy) is 2. The molecule has 1 aromatic carbocycles. The van der Waals surface area contributed by atoms with Gasteiger partial charge in [0.2, 0.25) is 0 Å². The van der Waals surface area contributed by atoms with Crippen LogP contribution in [0.1, 0.15) is 32.8 Å². The second kappa shape index (κ2) is 8.68. The number of alkyl carbamates (subject to hydrolysis) is 1. The fourth-order valence-electron chi connectivity index (χ4n) is 1.66. The molecule has 0 aliphatic heterocycles. The molecule has 0 aliphatic rings. The molecule has 1 rings (SSSR count). The van der Waals surface area contributed by atoms with Crippen LogP contribution in [-0.4, -0.2) is 29.5 Å². The van der Waals surface area contributed by atoms with E-state index in [4.69, 9.17) is 9.47 Å². The highest BCUT2D eigenvalue weighted by Gasteiger charge is 2.24. The van der Waals surface area contributed by atoms with E-state index in [1.807, 2.05) is 30.3 Å². The lowest BCUT2D eigenvalue weighted by molar-refractivity contribution is -0.147. The molecule has 0 saturated heterocycles. The Balaban J connectivity index is 2.54. The minimum atomic E-state index is -0.768. The zero-order valence-electron chi connectivity index (χ0n) is 13.2. The van der Waals surface area contributed by atoms with Crippen LogP contribution in [0.5, 0.6) is 0 Å². The lowest BCUT2D eigenvalue weighted by Gasteiger charge is -2.22. The van der Waals surface area contributed by atoms with E-state index in [9.17, 15) is 9.59 Å². The van der Waals surface area contributed by atoms with Crippen LogP contribution in [0, 0.1) is 0 Å². The van der Waals surface area contributed by atoms with Crippen LogP contribution < -0.4 is 5.32 Å². The maximum absolute atomic E-state index is 12.1. The predicted octanol–water partition coefficient (Wildman–Crippen LogP) is 2.94. The Morgan fingerprint density at radius 1 is 1.23 bits per heavy atom.